The van der Waals surface area contributed by atoms with Crippen molar-refractivity contribution in [2.45, 2.75) is 50.7 Å². The predicted molar refractivity (Wildman–Crippen MR) is 147 cm³/mol. The van der Waals surface area contributed by atoms with Crippen LogP contribution in [0.4, 0.5) is 5.69 Å². The summed E-state index contributed by atoms with van der Waals surface area (Å²) in [4.78, 5) is 28.3. The molecule has 1 N–H and O–H groups in total. The van der Waals surface area contributed by atoms with Crippen molar-refractivity contribution in [1.82, 2.24) is 10.2 Å². The number of sulfonamides is 1. The van der Waals surface area contributed by atoms with Gasteiger partial charge in [-0.05, 0) is 69.7 Å². The van der Waals surface area contributed by atoms with Crippen LogP contribution in [0.15, 0.2) is 89.8 Å². The highest BCUT2D eigenvalue weighted by Gasteiger charge is 2.33. The summed E-state index contributed by atoms with van der Waals surface area (Å²) in [5.41, 5.74) is 0.649. The minimum atomic E-state index is -4.12. The minimum Gasteiger partial charge on any atom is -0.350 e. The molecule has 0 aromatic heterocycles. The lowest BCUT2D eigenvalue weighted by atomic mass is 10.1. The van der Waals surface area contributed by atoms with Gasteiger partial charge in [-0.15, -0.1) is 0 Å². The number of carbonyl (C=O) groups is 2. The minimum absolute atomic E-state index is 0.00156. The van der Waals surface area contributed by atoms with Gasteiger partial charge in [0.15, 0.2) is 0 Å². The largest absolute Gasteiger partial charge is 0.350 e. The van der Waals surface area contributed by atoms with Gasteiger partial charge in [0.2, 0.25) is 11.8 Å². The van der Waals surface area contributed by atoms with Crippen LogP contribution in [-0.4, -0.2) is 43.3 Å². The average molecular weight is 542 g/mol. The van der Waals surface area contributed by atoms with E-state index < -0.39 is 34.1 Å². The zero-order valence-electron chi connectivity index (χ0n) is 21.4. The lowest BCUT2D eigenvalue weighted by molar-refractivity contribution is -0.140. The molecule has 196 valence electrons. The van der Waals surface area contributed by atoms with E-state index in [4.69, 9.17) is 11.6 Å². The summed E-state index contributed by atoms with van der Waals surface area (Å²) in [5, 5.41) is 3.31. The highest BCUT2D eigenvalue weighted by atomic mass is 35.5. The molecule has 0 heterocycles. The van der Waals surface area contributed by atoms with Gasteiger partial charge in [-0.2, -0.15) is 0 Å². The fourth-order valence-electron chi connectivity index (χ4n) is 3.69. The van der Waals surface area contributed by atoms with Crippen LogP contribution in [0.25, 0.3) is 0 Å². The summed E-state index contributed by atoms with van der Waals surface area (Å²) in [6, 6.07) is 22.6. The van der Waals surface area contributed by atoms with Crippen LogP contribution in [0.3, 0.4) is 0 Å². The van der Waals surface area contributed by atoms with E-state index in [2.05, 4.69) is 5.32 Å². The Labute approximate surface area is 224 Å². The third-order valence-corrected chi connectivity index (χ3v) is 7.63. The summed E-state index contributed by atoms with van der Waals surface area (Å²) in [7, 11) is -4.12. The average Bonchev–Trinajstić information content (AvgIpc) is 2.85. The SMILES string of the molecule is CC(C(=O)NC(C)(C)C)N(Cc1ccccc1)C(=O)CN(c1ccccc1)S(=O)(=O)c1ccc(Cl)cc1. The summed E-state index contributed by atoms with van der Waals surface area (Å²) >= 11 is 5.96. The number of nitrogens with one attached hydrogen (secondary N) is 1. The second kappa shape index (κ2) is 11.8. The first-order valence-corrected chi connectivity index (χ1v) is 13.7. The number of hydrogen-bond donors (Lipinski definition) is 1. The number of hydrogen-bond acceptors (Lipinski definition) is 4. The van der Waals surface area contributed by atoms with Crippen molar-refractivity contribution in [1.29, 1.82) is 0 Å². The fourth-order valence-corrected chi connectivity index (χ4v) is 5.23. The van der Waals surface area contributed by atoms with E-state index in [0.29, 0.717) is 10.7 Å². The normalized spacial score (nSPS) is 12.5. The van der Waals surface area contributed by atoms with E-state index in [1.807, 2.05) is 51.1 Å². The molecule has 0 spiro atoms. The number of rotatable bonds is 9. The zero-order valence-corrected chi connectivity index (χ0v) is 23.0. The van der Waals surface area contributed by atoms with Gasteiger partial charge in [0.1, 0.15) is 12.6 Å². The van der Waals surface area contributed by atoms with Gasteiger partial charge in [-0.3, -0.25) is 13.9 Å². The Morgan fingerprint density at radius 3 is 1.97 bits per heavy atom. The standard InChI is InChI=1S/C28H32ClN3O4S/c1-21(27(34)30-28(2,3)4)31(19-22-11-7-5-8-12-22)26(33)20-32(24-13-9-6-10-14-24)37(35,36)25-17-15-23(29)16-18-25/h5-18,21H,19-20H2,1-4H3,(H,30,34). The molecule has 0 bridgehead atoms. The fraction of sp³-hybridized carbons (Fsp3) is 0.286. The molecule has 9 heteroatoms. The maximum atomic E-state index is 13.8. The highest BCUT2D eigenvalue weighted by Crippen LogP contribution is 2.25. The summed E-state index contributed by atoms with van der Waals surface area (Å²) in [6.45, 7) is 6.86. The van der Waals surface area contributed by atoms with Crippen LogP contribution in [-0.2, 0) is 26.2 Å². The number of amides is 2. The van der Waals surface area contributed by atoms with Crippen molar-refractivity contribution in [2.75, 3.05) is 10.8 Å². The highest BCUT2D eigenvalue weighted by molar-refractivity contribution is 7.92. The maximum Gasteiger partial charge on any atom is 0.264 e. The van der Waals surface area contributed by atoms with Crippen molar-refractivity contribution in [3.05, 3.63) is 95.5 Å². The van der Waals surface area contributed by atoms with E-state index in [1.165, 1.54) is 29.2 Å². The summed E-state index contributed by atoms with van der Waals surface area (Å²) in [5.74, 6) is -0.842. The van der Waals surface area contributed by atoms with Gasteiger partial charge in [0, 0.05) is 17.1 Å². The topological polar surface area (TPSA) is 86.8 Å². The molecule has 3 aromatic rings. The molecular weight excluding hydrogens is 510 g/mol. The monoisotopic (exact) mass is 541 g/mol. The van der Waals surface area contributed by atoms with E-state index in [-0.39, 0.29) is 17.3 Å². The number of nitrogens with zero attached hydrogens (tertiary/aromatic N) is 2. The van der Waals surface area contributed by atoms with E-state index in [1.54, 1.807) is 37.3 Å². The van der Waals surface area contributed by atoms with Crippen molar-refractivity contribution < 1.29 is 18.0 Å². The number of carbonyl (C=O) groups excluding carboxylic acids is 2. The number of anilines is 1. The van der Waals surface area contributed by atoms with Crippen LogP contribution >= 0.6 is 11.6 Å². The maximum absolute atomic E-state index is 13.8. The molecular formula is C28H32ClN3O4S. The van der Waals surface area contributed by atoms with Crippen molar-refractivity contribution in [3.8, 4) is 0 Å². The van der Waals surface area contributed by atoms with Crippen LogP contribution in [0.5, 0.6) is 0 Å². The second-order valence-electron chi connectivity index (χ2n) is 9.72. The van der Waals surface area contributed by atoms with E-state index >= 15 is 0 Å². The number of para-hydroxylation sites is 1. The molecule has 1 atom stereocenters. The molecule has 0 saturated heterocycles. The molecule has 7 nitrogen and oxygen atoms in total. The van der Waals surface area contributed by atoms with Crippen LogP contribution in [0, 0.1) is 0 Å². The lowest BCUT2D eigenvalue weighted by Gasteiger charge is -2.33. The second-order valence-corrected chi connectivity index (χ2v) is 12.0. The Morgan fingerprint density at radius 1 is 0.892 bits per heavy atom. The van der Waals surface area contributed by atoms with Gasteiger partial charge >= 0.3 is 0 Å². The van der Waals surface area contributed by atoms with Gasteiger partial charge < -0.3 is 10.2 Å². The Kier molecular flexibility index (Phi) is 8.99. The van der Waals surface area contributed by atoms with Crippen molar-refractivity contribution in [2.24, 2.45) is 0 Å². The first-order valence-electron chi connectivity index (χ1n) is 11.9. The van der Waals surface area contributed by atoms with E-state index in [9.17, 15) is 18.0 Å². The Bertz CT molecular complexity index is 1310. The first kappa shape index (κ1) is 28.2. The zero-order chi connectivity index (χ0) is 27.2. The lowest BCUT2D eigenvalue weighted by Crippen LogP contribution is -2.54. The van der Waals surface area contributed by atoms with Crippen LogP contribution in [0.2, 0.25) is 5.02 Å². The number of halogens is 1. The Morgan fingerprint density at radius 2 is 1.43 bits per heavy atom. The quantitative estimate of drug-likeness (QED) is 0.419. The molecule has 3 rings (SSSR count). The third-order valence-electron chi connectivity index (χ3n) is 5.59. The van der Waals surface area contributed by atoms with Crippen LogP contribution < -0.4 is 9.62 Å². The Balaban J connectivity index is 1.99. The van der Waals surface area contributed by atoms with Gasteiger partial charge in [-0.25, -0.2) is 8.42 Å². The van der Waals surface area contributed by atoms with Gasteiger partial charge in [-0.1, -0.05) is 60.1 Å². The summed E-state index contributed by atoms with van der Waals surface area (Å²) < 4.78 is 28.4. The predicted octanol–water partition coefficient (Wildman–Crippen LogP) is 4.87. The molecule has 37 heavy (non-hydrogen) atoms. The molecule has 0 aliphatic rings. The smallest absolute Gasteiger partial charge is 0.264 e. The third kappa shape index (κ3) is 7.57. The van der Waals surface area contributed by atoms with Crippen molar-refractivity contribution >= 4 is 39.1 Å². The molecule has 0 aliphatic carbocycles. The Hall–Kier alpha value is -3.36. The van der Waals surface area contributed by atoms with Crippen molar-refractivity contribution in [3.63, 3.8) is 0 Å². The molecule has 1 unspecified atom stereocenters. The molecule has 0 saturated carbocycles. The first-order chi connectivity index (χ1) is 17.4. The molecule has 0 aliphatic heterocycles. The number of benzene rings is 3. The summed E-state index contributed by atoms with van der Waals surface area (Å²) in [6.07, 6.45) is 0. The van der Waals surface area contributed by atoms with Gasteiger partial charge in [0.25, 0.3) is 10.0 Å². The molecule has 0 radical (unpaired) electrons. The van der Waals surface area contributed by atoms with Gasteiger partial charge in [0.05, 0.1) is 10.6 Å². The van der Waals surface area contributed by atoms with Crippen LogP contribution in [0.1, 0.15) is 33.3 Å². The molecule has 0 fully saturated rings. The molecule has 2 amide bonds. The van der Waals surface area contributed by atoms with E-state index in [0.717, 1.165) is 9.87 Å². The molecule has 3 aromatic carbocycles.